The first-order valence-electron chi connectivity index (χ1n) is 6.27. The van der Waals surface area contributed by atoms with E-state index in [0.29, 0.717) is 10.0 Å². The monoisotopic (exact) mass is 324 g/mol. The van der Waals surface area contributed by atoms with Gasteiger partial charge in [0, 0.05) is 33.1 Å². The molecular weight excluding hydrogens is 308 g/mol. The molecule has 1 aromatic heterocycles. The van der Waals surface area contributed by atoms with Crippen LogP contribution in [0.4, 0.5) is 5.69 Å². The van der Waals surface area contributed by atoms with E-state index >= 15 is 0 Å². The summed E-state index contributed by atoms with van der Waals surface area (Å²) >= 11 is 12.8. The van der Waals surface area contributed by atoms with Crippen LogP contribution in [0.25, 0.3) is 0 Å². The van der Waals surface area contributed by atoms with Crippen molar-refractivity contribution in [1.82, 2.24) is 0 Å². The van der Waals surface area contributed by atoms with Gasteiger partial charge in [0.15, 0.2) is 0 Å². The van der Waals surface area contributed by atoms with Crippen LogP contribution < -0.4 is 11.1 Å². The SMILES string of the molecule is CC(C)(CNc1ccc(Cl)cc1C(N)=S)c1cccs1. The normalized spacial score (nSPS) is 11.3. The standard InChI is InChI=1S/C15H17ClN2S2/c1-15(2,13-4-3-7-20-13)9-18-12-6-5-10(16)8-11(12)14(17)19/h3-8,18H,9H2,1-2H3,(H2,17,19). The Morgan fingerprint density at radius 3 is 2.75 bits per heavy atom. The molecule has 2 nitrogen and oxygen atoms in total. The van der Waals surface area contributed by atoms with Crippen LogP contribution in [0.15, 0.2) is 35.7 Å². The summed E-state index contributed by atoms with van der Waals surface area (Å²) in [7, 11) is 0. The molecule has 0 amide bonds. The van der Waals surface area contributed by atoms with Crippen LogP contribution in [0.3, 0.4) is 0 Å². The average molecular weight is 325 g/mol. The summed E-state index contributed by atoms with van der Waals surface area (Å²) in [5.41, 5.74) is 7.50. The molecule has 0 aliphatic carbocycles. The number of rotatable bonds is 5. The molecule has 2 rings (SSSR count). The number of nitrogens with two attached hydrogens (primary N) is 1. The summed E-state index contributed by atoms with van der Waals surface area (Å²) in [6, 6.07) is 9.78. The molecule has 0 unspecified atom stereocenters. The van der Waals surface area contributed by atoms with Crippen LogP contribution >= 0.6 is 35.2 Å². The van der Waals surface area contributed by atoms with Crippen molar-refractivity contribution < 1.29 is 0 Å². The zero-order valence-corrected chi connectivity index (χ0v) is 13.8. The van der Waals surface area contributed by atoms with E-state index in [0.717, 1.165) is 17.8 Å². The first-order valence-corrected chi connectivity index (χ1v) is 7.94. The first kappa shape index (κ1) is 15.3. The third-order valence-corrected chi connectivity index (χ3v) is 4.85. The van der Waals surface area contributed by atoms with Crippen LogP contribution in [0, 0.1) is 0 Å². The number of hydrogen-bond acceptors (Lipinski definition) is 3. The molecule has 1 heterocycles. The summed E-state index contributed by atoms with van der Waals surface area (Å²) in [5, 5.41) is 6.16. The van der Waals surface area contributed by atoms with Crippen LogP contribution in [-0.2, 0) is 5.41 Å². The van der Waals surface area contributed by atoms with E-state index in [1.807, 2.05) is 12.1 Å². The number of benzene rings is 1. The predicted octanol–water partition coefficient (Wildman–Crippen LogP) is 4.43. The third-order valence-electron chi connectivity index (χ3n) is 3.16. The maximum Gasteiger partial charge on any atom is 0.106 e. The van der Waals surface area contributed by atoms with E-state index in [2.05, 4.69) is 36.7 Å². The average Bonchev–Trinajstić information content (AvgIpc) is 2.91. The Balaban J connectivity index is 2.17. The number of nitrogens with one attached hydrogen (secondary N) is 1. The van der Waals surface area contributed by atoms with E-state index in [1.165, 1.54) is 4.88 Å². The lowest BCUT2D eigenvalue weighted by Crippen LogP contribution is -2.27. The van der Waals surface area contributed by atoms with E-state index in [-0.39, 0.29) is 5.41 Å². The number of thiocarbonyl (C=S) groups is 1. The Kier molecular flexibility index (Phi) is 4.68. The lowest BCUT2D eigenvalue weighted by atomic mass is 9.91. The summed E-state index contributed by atoms with van der Waals surface area (Å²) in [4.78, 5) is 1.69. The largest absolute Gasteiger partial charge is 0.389 e. The molecule has 0 saturated carbocycles. The Morgan fingerprint density at radius 1 is 1.40 bits per heavy atom. The molecule has 3 N–H and O–H groups in total. The lowest BCUT2D eigenvalue weighted by molar-refractivity contribution is 0.569. The minimum absolute atomic E-state index is 0.0429. The van der Waals surface area contributed by atoms with Crippen molar-refractivity contribution in [2.45, 2.75) is 19.3 Å². The first-order chi connectivity index (χ1) is 9.40. The molecule has 5 heteroatoms. The van der Waals surface area contributed by atoms with Gasteiger partial charge in [-0.15, -0.1) is 11.3 Å². The maximum absolute atomic E-state index is 5.99. The highest BCUT2D eigenvalue weighted by Gasteiger charge is 2.22. The molecule has 0 fully saturated rings. The van der Waals surface area contributed by atoms with Gasteiger partial charge in [-0.25, -0.2) is 0 Å². The Labute approximate surface area is 134 Å². The second kappa shape index (κ2) is 6.12. The number of halogens is 1. The van der Waals surface area contributed by atoms with Crippen LogP contribution in [-0.4, -0.2) is 11.5 Å². The van der Waals surface area contributed by atoms with Crippen molar-refractivity contribution in [1.29, 1.82) is 0 Å². The molecule has 0 spiro atoms. The van der Waals surface area contributed by atoms with Crippen molar-refractivity contribution >= 4 is 45.8 Å². The zero-order chi connectivity index (χ0) is 14.8. The highest BCUT2D eigenvalue weighted by Crippen LogP contribution is 2.29. The van der Waals surface area contributed by atoms with Crippen molar-refractivity contribution in [2.24, 2.45) is 5.73 Å². The minimum Gasteiger partial charge on any atom is -0.389 e. The van der Waals surface area contributed by atoms with E-state index in [4.69, 9.17) is 29.6 Å². The van der Waals surface area contributed by atoms with Gasteiger partial charge in [-0.2, -0.15) is 0 Å². The molecule has 0 atom stereocenters. The van der Waals surface area contributed by atoms with Gasteiger partial charge in [-0.05, 0) is 29.6 Å². The molecule has 0 aliphatic rings. The Bertz CT molecular complexity index is 606. The molecular formula is C15H17ClN2S2. The molecule has 0 bridgehead atoms. The highest BCUT2D eigenvalue weighted by molar-refractivity contribution is 7.80. The Hall–Kier alpha value is -1.10. The van der Waals surface area contributed by atoms with E-state index in [9.17, 15) is 0 Å². The van der Waals surface area contributed by atoms with Crippen LogP contribution in [0.5, 0.6) is 0 Å². The molecule has 0 aliphatic heterocycles. The van der Waals surface area contributed by atoms with Crippen LogP contribution in [0.2, 0.25) is 5.02 Å². The highest BCUT2D eigenvalue weighted by atomic mass is 35.5. The van der Waals surface area contributed by atoms with Gasteiger partial charge in [0.2, 0.25) is 0 Å². The van der Waals surface area contributed by atoms with Gasteiger partial charge < -0.3 is 11.1 Å². The van der Waals surface area contributed by atoms with Crippen molar-refractivity contribution in [3.05, 3.63) is 51.2 Å². The molecule has 2 aromatic rings. The van der Waals surface area contributed by atoms with Crippen molar-refractivity contribution in [2.75, 3.05) is 11.9 Å². The van der Waals surface area contributed by atoms with Gasteiger partial charge in [-0.1, -0.05) is 43.7 Å². The number of thiophene rings is 1. The fraction of sp³-hybridized carbons (Fsp3) is 0.267. The minimum atomic E-state index is 0.0429. The van der Waals surface area contributed by atoms with Gasteiger partial charge >= 0.3 is 0 Å². The second-order valence-corrected chi connectivity index (χ2v) is 7.09. The van der Waals surface area contributed by atoms with E-state index < -0.39 is 0 Å². The summed E-state index contributed by atoms with van der Waals surface area (Å²) in [6.45, 7) is 5.22. The van der Waals surface area contributed by atoms with Gasteiger partial charge in [-0.3, -0.25) is 0 Å². The second-order valence-electron chi connectivity index (χ2n) is 5.27. The van der Waals surface area contributed by atoms with Gasteiger partial charge in [0.25, 0.3) is 0 Å². The van der Waals surface area contributed by atoms with Crippen molar-refractivity contribution in [3.63, 3.8) is 0 Å². The summed E-state index contributed by atoms with van der Waals surface area (Å²) < 4.78 is 0. The summed E-state index contributed by atoms with van der Waals surface area (Å²) in [6.07, 6.45) is 0. The number of anilines is 1. The van der Waals surface area contributed by atoms with Gasteiger partial charge in [0.05, 0.1) is 0 Å². The van der Waals surface area contributed by atoms with E-state index in [1.54, 1.807) is 17.4 Å². The molecule has 106 valence electrons. The number of hydrogen-bond donors (Lipinski definition) is 2. The molecule has 0 radical (unpaired) electrons. The third kappa shape index (κ3) is 3.51. The smallest absolute Gasteiger partial charge is 0.106 e. The Morgan fingerprint density at radius 2 is 2.15 bits per heavy atom. The van der Waals surface area contributed by atoms with Gasteiger partial charge in [0.1, 0.15) is 4.99 Å². The van der Waals surface area contributed by atoms with Crippen LogP contribution in [0.1, 0.15) is 24.3 Å². The molecule has 20 heavy (non-hydrogen) atoms. The summed E-state index contributed by atoms with van der Waals surface area (Å²) in [5.74, 6) is 0. The fourth-order valence-corrected chi connectivity index (χ4v) is 3.13. The quantitative estimate of drug-likeness (QED) is 0.799. The molecule has 0 saturated heterocycles. The predicted molar refractivity (Wildman–Crippen MR) is 93.2 cm³/mol. The van der Waals surface area contributed by atoms with Crippen molar-refractivity contribution in [3.8, 4) is 0 Å². The molecule has 1 aromatic carbocycles. The zero-order valence-electron chi connectivity index (χ0n) is 11.4. The lowest BCUT2D eigenvalue weighted by Gasteiger charge is -2.25. The maximum atomic E-state index is 5.99. The topological polar surface area (TPSA) is 38.0 Å². The fourth-order valence-electron chi connectivity index (χ4n) is 1.94.